The number of para-hydroxylation sites is 1. The van der Waals surface area contributed by atoms with Crippen LogP contribution < -0.4 is 4.72 Å². The van der Waals surface area contributed by atoms with Gasteiger partial charge in [-0.15, -0.1) is 0 Å². The summed E-state index contributed by atoms with van der Waals surface area (Å²) in [6.45, 7) is 9.18. The second-order valence-corrected chi connectivity index (χ2v) is 10.2. The minimum atomic E-state index is -3.90. The van der Waals surface area contributed by atoms with Gasteiger partial charge in [-0.1, -0.05) is 54.6 Å². The van der Waals surface area contributed by atoms with Gasteiger partial charge < -0.3 is 4.90 Å². The van der Waals surface area contributed by atoms with Crippen molar-refractivity contribution in [3.05, 3.63) is 95.6 Å². The number of hydrogen-bond donors (Lipinski definition) is 1. The third-order valence-electron chi connectivity index (χ3n) is 6.12. The highest BCUT2D eigenvalue weighted by Gasteiger charge is 2.23. The molecule has 0 radical (unpaired) electrons. The van der Waals surface area contributed by atoms with Crippen LogP contribution in [-0.2, 0) is 16.6 Å². The average Bonchev–Trinajstić information content (AvgIpc) is 2.89. The van der Waals surface area contributed by atoms with Gasteiger partial charge in [0.2, 0.25) is 0 Å². The molecule has 36 heavy (non-hydrogen) atoms. The van der Waals surface area contributed by atoms with Crippen molar-refractivity contribution in [3.8, 4) is 0 Å². The second kappa shape index (κ2) is 11.3. The van der Waals surface area contributed by atoms with Gasteiger partial charge in [0.1, 0.15) is 4.90 Å². The van der Waals surface area contributed by atoms with Gasteiger partial charge in [-0.2, -0.15) is 0 Å². The summed E-state index contributed by atoms with van der Waals surface area (Å²) >= 11 is 0. The molecule has 1 N–H and O–H groups in total. The molecule has 1 heterocycles. The molecule has 8 heteroatoms. The van der Waals surface area contributed by atoms with Crippen molar-refractivity contribution in [2.75, 3.05) is 30.9 Å². The molecular weight excluding hydrogens is 472 g/mol. The van der Waals surface area contributed by atoms with E-state index in [4.69, 9.17) is 0 Å². The summed E-state index contributed by atoms with van der Waals surface area (Å²) in [5.74, 6) is -0.0547. The van der Waals surface area contributed by atoms with Gasteiger partial charge in [-0.25, -0.2) is 8.42 Å². The molecule has 1 fully saturated rings. The topological polar surface area (TPSA) is 82.1 Å². The third kappa shape index (κ3) is 5.90. The van der Waals surface area contributed by atoms with E-state index in [2.05, 4.69) is 33.5 Å². The first-order valence-corrected chi connectivity index (χ1v) is 13.3. The van der Waals surface area contributed by atoms with Crippen molar-refractivity contribution in [3.63, 3.8) is 0 Å². The standard InChI is InChI=1S/C28H30N4O3S/c1-3-8-23-11-7-12-26(27(23)29-2)36(34,35)30-25-15-13-24(14-16-25)28(33)32-19-17-31(18-20-32)21-22-9-5-4-6-10-22/h3-16,30H,2,17-21H2,1H3/b8-3-. The maximum Gasteiger partial charge on any atom is 0.264 e. The summed E-state index contributed by atoms with van der Waals surface area (Å²) < 4.78 is 28.7. The van der Waals surface area contributed by atoms with Crippen molar-refractivity contribution in [2.45, 2.75) is 18.4 Å². The van der Waals surface area contributed by atoms with Crippen LogP contribution in [0.1, 0.15) is 28.4 Å². The summed E-state index contributed by atoms with van der Waals surface area (Å²) in [4.78, 5) is 21.2. The minimum Gasteiger partial charge on any atom is -0.336 e. The Balaban J connectivity index is 1.40. The third-order valence-corrected chi connectivity index (χ3v) is 7.53. The van der Waals surface area contributed by atoms with E-state index in [9.17, 15) is 13.2 Å². The van der Waals surface area contributed by atoms with E-state index in [1.165, 1.54) is 11.6 Å². The van der Waals surface area contributed by atoms with Crippen LogP contribution in [0.2, 0.25) is 0 Å². The van der Waals surface area contributed by atoms with Crippen LogP contribution in [0.3, 0.4) is 0 Å². The van der Waals surface area contributed by atoms with Gasteiger partial charge in [0.05, 0.1) is 5.69 Å². The van der Waals surface area contributed by atoms with Gasteiger partial charge in [0.15, 0.2) is 0 Å². The SMILES string of the molecule is C=Nc1c(/C=C\C)cccc1S(=O)(=O)Nc1ccc(C(=O)N2CCN(Cc3ccccc3)CC2)cc1. The molecule has 186 valence electrons. The fraction of sp³-hybridized carbons (Fsp3) is 0.214. The second-order valence-electron chi connectivity index (χ2n) is 8.59. The highest BCUT2D eigenvalue weighted by atomic mass is 32.2. The number of piperazine rings is 1. The first-order valence-electron chi connectivity index (χ1n) is 11.8. The van der Waals surface area contributed by atoms with Crippen LogP contribution in [0.5, 0.6) is 0 Å². The van der Waals surface area contributed by atoms with E-state index in [0.29, 0.717) is 35.6 Å². The Hall–Kier alpha value is -3.75. The molecule has 4 rings (SSSR count). The van der Waals surface area contributed by atoms with Gasteiger partial charge >= 0.3 is 0 Å². The zero-order chi connectivity index (χ0) is 25.5. The lowest BCUT2D eigenvalue weighted by Gasteiger charge is -2.34. The molecule has 3 aromatic carbocycles. The van der Waals surface area contributed by atoms with Gasteiger partial charge in [-0.3, -0.25) is 19.4 Å². The van der Waals surface area contributed by atoms with Crippen LogP contribution in [0, 0.1) is 0 Å². The van der Waals surface area contributed by atoms with Gasteiger partial charge in [0, 0.05) is 49.5 Å². The highest BCUT2D eigenvalue weighted by Crippen LogP contribution is 2.30. The number of benzene rings is 3. The number of allylic oxidation sites excluding steroid dienone is 1. The molecule has 1 amide bonds. The average molecular weight is 503 g/mol. The number of carbonyl (C=O) groups is 1. The van der Waals surface area contributed by atoms with E-state index in [0.717, 1.165) is 19.6 Å². The summed E-state index contributed by atoms with van der Waals surface area (Å²) in [5, 5.41) is 0. The van der Waals surface area contributed by atoms with Gasteiger partial charge in [-0.05, 0) is 49.5 Å². The quantitative estimate of drug-likeness (QED) is 0.448. The van der Waals surface area contributed by atoms with Crippen LogP contribution in [0.4, 0.5) is 11.4 Å². The van der Waals surface area contributed by atoms with Crippen molar-refractivity contribution in [1.29, 1.82) is 0 Å². The van der Waals surface area contributed by atoms with Gasteiger partial charge in [0.25, 0.3) is 15.9 Å². The number of nitrogens with one attached hydrogen (secondary N) is 1. The Labute approximate surface area is 212 Å². The van der Waals surface area contributed by atoms with E-state index < -0.39 is 10.0 Å². The number of carbonyl (C=O) groups excluding carboxylic acids is 1. The maximum atomic E-state index is 13.1. The predicted molar refractivity (Wildman–Crippen MR) is 145 cm³/mol. The monoisotopic (exact) mass is 502 g/mol. The van der Waals surface area contributed by atoms with Crippen LogP contribution in [0.25, 0.3) is 6.08 Å². The molecule has 0 aliphatic carbocycles. The molecule has 0 unspecified atom stereocenters. The Morgan fingerprint density at radius 1 is 0.972 bits per heavy atom. The zero-order valence-electron chi connectivity index (χ0n) is 20.3. The van der Waals surface area contributed by atoms with E-state index in [1.54, 1.807) is 42.5 Å². The molecule has 3 aromatic rings. The van der Waals surface area contributed by atoms with Crippen molar-refractivity contribution >= 4 is 40.1 Å². The number of rotatable bonds is 8. The van der Waals surface area contributed by atoms with Crippen LogP contribution in [0.15, 0.2) is 88.8 Å². The van der Waals surface area contributed by atoms with Crippen LogP contribution in [-0.4, -0.2) is 57.0 Å². The molecule has 0 aromatic heterocycles. The zero-order valence-corrected chi connectivity index (χ0v) is 21.1. The normalized spacial score (nSPS) is 14.6. The fourth-order valence-corrected chi connectivity index (χ4v) is 5.51. The molecule has 1 aliphatic rings. The Bertz CT molecular complexity index is 1350. The lowest BCUT2D eigenvalue weighted by molar-refractivity contribution is 0.0628. The lowest BCUT2D eigenvalue weighted by Crippen LogP contribution is -2.48. The fourth-order valence-electron chi connectivity index (χ4n) is 4.26. The highest BCUT2D eigenvalue weighted by molar-refractivity contribution is 7.92. The Morgan fingerprint density at radius 3 is 2.31 bits per heavy atom. The minimum absolute atomic E-state index is 0.0432. The first kappa shape index (κ1) is 25.3. The summed E-state index contributed by atoms with van der Waals surface area (Å²) in [5.41, 5.74) is 3.12. The summed E-state index contributed by atoms with van der Waals surface area (Å²) in [6.07, 6.45) is 3.59. The van der Waals surface area contributed by atoms with E-state index in [1.807, 2.05) is 36.1 Å². The lowest BCUT2D eigenvalue weighted by atomic mass is 10.1. The number of sulfonamides is 1. The smallest absolute Gasteiger partial charge is 0.264 e. The van der Waals surface area contributed by atoms with E-state index >= 15 is 0 Å². The van der Waals surface area contributed by atoms with Crippen molar-refractivity contribution in [2.24, 2.45) is 4.99 Å². The molecular formula is C28H30N4O3S. The van der Waals surface area contributed by atoms with Crippen molar-refractivity contribution in [1.82, 2.24) is 9.80 Å². The number of anilines is 1. The molecule has 1 aliphatic heterocycles. The predicted octanol–water partition coefficient (Wildman–Crippen LogP) is 4.81. The summed E-state index contributed by atoms with van der Waals surface area (Å²) in [6, 6.07) is 21.8. The molecule has 0 spiro atoms. The van der Waals surface area contributed by atoms with E-state index in [-0.39, 0.29) is 10.8 Å². The number of nitrogens with zero attached hydrogens (tertiary/aromatic N) is 3. The molecule has 0 bridgehead atoms. The first-order chi connectivity index (χ1) is 17.4. The largest absolute Gasteiger partial charge is 0.336 e. The number of aliphatic imine (C=N–C) groups is 1. The molecule has 0 atom stereocenters. The van der Waals surface area contributed by atoms with Crippen LogP contribution >= 0.6 is 0 Å². The molecule has 1 saturated heterocycles. The van der Waals surface area contributed by atoms with Crippen molar-refractivity contribution < 1.29 is 13.2 Å². The maximum absolute atomic E-state index is 13.1. The Kier molecular flexibility index (Phi) is 7.97. The molecule has 7 nitrogen and oxygen atoms in total. The Morgan fingerprint density at radius 2 is 1.67 bits per heavy atom. The number of hydrogen-bond acceptors (Lipinski definition) is 5. The molecule has 0 saturated carbocycles. The summed E-state index contributed by atoms with van der Waals surface area (Å²) in [7, 11) is -3.90. The number of amides is 1.